The van der Waals surface area contributed by atoms with E-state index in [-0.39, 0.29) is 14.9 Å². The number of nitrogens with two attached hydrogens (primary N) is 1. The number of thioether (sulfide) groups is 1. The van der Waals surface area contributed by atoms with Crippen molar-refractivity contribution < 1.29 is 8.42 Å². The van der Waals surface area contributed by atoms with Crippen molar-refractivity contribution >= 4 is 50.6 Å². The largest absolute Gasteiger partial charge is 0.389 e. The fourth-order valence-corrected chi connectivity index (χ4v) is 3.53. The number of sulfonamides is 1. The van der Waals surface area contributed by atoms with Gasteiger partial charge in [0.25, 0.3) is 0 Å². The Labute approximate surface area is 134 Å². The molecule has 1 aromatic carbocycles. The van der Waals surface area contributed by atoms with Gasteiger partial charge in [0.1, 0.15) is 9.88 Å². The minimum atomic E-state index is -3.61. The Morgan fingerprint density at radius 3 is 2.70 bits per heavy atom. The molecular weight excluding hydrogens is 336 g/mol. The zero-order valence-corrected chi connectivity index (χ0v) is 14.4. The Hall–Kier alpha value is -0.340. The van der Waals surface area contributed by atoms with Crippen molar-refractivity contribution in [1.82, 2.24) is 4.72 Å². The number of hydrogen-bond acceptors (Lipinski definition) is 4. The number of hydrogen-bond donors (Lipinski definition) is 2. The van der Waals surface area contributed by atoms with Crippen LogP contribution in [0.25, 0.3) is 0 Å². The lowest BCUT2D eigenvalue weighted by Crippen LogP contribution is -2.26. The minimum absolute atomic E-state index is 0.0379. The molecule has 0 fully saturated rings. The molecule has 0 saturated carbocycles. The van der Waals surface area contributed by atoms with E-state index in [1.807, 2.05) is 13.2 Å². The molecule has 0 amide bonds. The molecule has 1 unspecified atom stereocenters. The highest BCUT2D eigenvalue weighted by Gasteiger charge is 2.18. The topological polar surface area (TPSA) is 72.2 Å². The first-order valence-electron chi connectivity index (χ1n) is 5.89. The van der Waals surface area contributed by atoms with Crippen LogP contribution in [0.5, 0.6) is 0 Å². The summed E-state index contributed by atoms with van der Waals surface area (Å²) in [5, 5.41) is 0.505. The summed E-state index contributed by atoms with van der Waals surface area (Å²) in [7, 11) is -3.61. The predicted molar refractivity (Wildman–Crippen MR) is 90.1 cm³/mol. The van der Waals surface area contributed by atoms with E-state index in [0.29, 0.717) is 17.4 Å². The Morgan fingerprint density at radius 2 is 2.20 bits per heavy atom. The Balaban J connectivity index is 2.85. The van der Waals surface area contributed by atoms with Crippen molar-refractivity contribution in [3.63, 3.8) is 0 Å². The van der Waals surface area contributed by atoms with Crippen molar-refractivity contribution in [2.45, 2.75) is 23.5 Å². The summed E-state index contributed by atoms with van der Waals surface area (Å²) in [6, 6.07) is 4.42. The third kappa shape index (κ3) is 4.89. The highest BCUT2D eigenvalue weighted by molar-refractivity contribution is 7.99. The van der Waals surface area contributed by atoms with Crippen molar-refractivity contribution in [2.24, 2.45) is 5.73 Å². The van der Waals surface area contributed by atoms with E-state index in [0.717, 1.165) is 6.42 Å². The second kappa shape index (κ2) is 7.61. The SMILES string of the molecule is CSC(C)CCNS(=O)(=O)c1ccc(C(N)=S)cc1Cl. The summed E-state index contributed by atoms with van der Waals surface area (Å²) in [6.07, 6.45) is 2.74. The third-order valence-corrected chi connectivity index (χ3v) is 5.97. The quantitative estimate of drug-likeness (QED) is 0.737. The molecule has 0 aliphatic carbocycles. The van der Waals surface area contributed by atoms with Crippen molar-refractivity contribution in [3.05, 3.63) is 28.8 Å². The first kappa shape index (κ1) is 17.7. The van der Waals surface area contributed by atoms with E-state index in [2.05, 4.69) is 4.72 Å². The summed E-state index contributed by atoms with van der Waals surface area (Å²) in [6.45, 7) is 2.42. The van der Waals surface area contributed by atoms with E-state index >= 15 is 0 Å². The van der Waals surface area contributed by atoms with Crippen LogP contribution < -0.4 is 10.5 Å². The van der Waals surface area contributed by atoms with Crippen LogP contribution in [0.2, 0.25) is 5.02 Å². The van der Waals surface area contributed by atoms with E-state index < -0.39 is 10.0 Å². The summed E-state index contributed by atoms with van der Waals surface area (Å²) in [5.74, 6) is 0. The molecule has 0 aliphatic rings. The lowest BCUT2D eigenvalue weighted by Gasteiger charge is -2.11. The van der Waals surface area contributed by atoms with Crippen LogP contribution in [0, 0.1) is 0 Å². The summed E-state index contributed by atoms with van der Waals surface area (Å²) in [4.78, 5) is 0.216. The van der Waals surface area contributed by atoms with Gasteiger partial charge in [-0.05, 0) is 24.8 Å². The van der Waals surface area contributed by atoms with Gasteiger partial charge in [-0.1, -0.05) is 36.8 Å². The van der Waals surface area contributed by atoms with E-state index in [9.17, 15) is 8.42 Å². The van der Waals surface area contributed by atoms with Gasteiger partial charge in [0, 0.05) is 17.4 Å². The molecule has 0 bridgehead atoms. The van der Waals surface area contributed by atoms with Gasteiger partial charge in [-0.2, -0.15) is 11.8 Å². The molecule has 0 saturated heterocycles. The maximum absolute atomic E-state index is 12.1. The molecule has 8 heteroatoms. The number of thiocarbonyl (C=S) groups is 1. The fourth-order valence-electron chi connectivity index (χ4n) is 1.46. The minimum Gasteiger partial charge on any atom is -0.389 e. The van der Waals surface area contributed by atoms with Crippen LogP contribution in [0.1, 0.15) is 18.9 Å². The summed E-state index contributed by atoms with van der Waals surface area (Å²) in [5.41, 5.74) is 6.02. The van der Waals surface area contributed by atoms with Crippen molar-refractivity contribution in [2.75, 3.05) is 12.8 Å². The average molecular weight is 353 g/mol. The first-order chi connectivity index (χ1) is 9.27. The fraction of sp³-hybridized carbons (Fsp3) is 0.417. The summed E-state index contributed by atoms with van der Waals surface area (Å²) < 4.78 is 26.8. The molecule has 1 atom stereocenters. The summed E-state index contributed by atoms with van der Waals surface area (Å²) >= 11 is 12.5. The maximum Gasteiger partial charge on any atom is 0.242 e. The van der Waals surface area contributed by atoms with Crippen LogP contribution >= 0.6 is 35.6 Å². The van der Waals surface area contributed by atoms with Gasteiger partial charge in [-0.3, -0.25) is 0 Å². The smallest absolute Gasteiger partial charge is 0.242 e. The molecule has 20 heavy (non-hydrogen) atoms. The molecule has 3 N–H and O–H groups in total. The van der Waals surface area contributed by atoms with Crippen LogP contribution in [0.15, 0.2) is 23.1 Å². The Morgan fingerprint density at radius 1 is 1.55 bits per heavy atom. The molecule has 1 rings (SSSR count). The normalized spacial score (nSPS) is 13.2. The lowest BCUT2D eigenvalue weighted by atomic mass is 10.2. The zero-order valence-electron chi connectivity index (χ0n) is 11.2. The second-order valence-electron chi connectivity index (χ2n) is 4.24. The predicted octanol–water partition coefficient (Wildman–Crippen LogP) is 2.39. The monoisotopic (exact) mass is 352 g/mol. The zero-order chi connectivity index (χ0) is 15.3. The van der Waals surface area contributed by atoms with Crippen molar-refractivity contribution in [3.8, 4) is 0 Å². The van der Waals surface area contributed by atoms with Crippen LogP contribution in [-0.4, -0.2) is 31.5 Å². The molecule has 0 radical (unpaired) electrons. The van der Waals surface area contributed by atoms with Crippen LogP contribution in [0.3, 0.4) is 0 Å². The highest BCUT2D eigenvalue weighted by Crippen LogP contribution is 2.22. The standard InChI is InChI=1S/C12H17ClN2O2S3/c1-8(19-2)5-6-15-20(16,17)11-4-3-9(12(14)18)7-10(11)13/h3-4,7-8,15H,5-6H2,1-2H3,(H2,14,18). The van der Waals surface area contributed by atoms with Crippen molar-refractivity contribution in [1.29, 1.82) is 0 Å². The average Bonchev–Trinajstić information content (AvgIpc) is 2.37. The van der Waals surface area contributed by atoms with E-state index in [4.69, 9.17) is 29.6 Å². The van der Waals surface area contributed by atoms with Gasteiger partial charge in [0.05, 0.1) is 5.02 Å². The van der Waals surface area contributed by atoms with Crippen LogP contribution in [-0.2, 0) is 10.0 Å². The molecule has 0 spiro atoms. The molecule has 1 aromatic rings. The van der Waals surface area contributed by atoms with E-state index in [1.165, 1.54) is 12.1 Å². The molecule has 0 aliphatic heterocycles. The lowest BCUT2D eigenvalue weighted by molar-refractivity contribution is 0.579. The van der Waals surface area contributed by atoms with Gasteiger partial charge in [0.15, 0.2) is 0 Å². The molecular formula is C12H17ClN2O2S3. The molecule has 4 nitrogen and oxygen atoms in total. The Bertz CT molecular complexity index is 590. The van der Waals surface area contributed by atoms with Gasteiger partial charge >= 0.3 is 0 Å². The number of rotatable bonds is 7. The van der Waals surface area contributed by atoms with Crippen LogP contribution in [0.4, 0.5) is 0 Å². The Kier molecular flexibility index (Phi) is 6.74. The number of halogens is 1. The first-order valence-corrected chi connectivity index (χ1v) is 9.45. The van der Waals surface area contributed by atoms with Gasteiger partial charge in [-0.25, -0.2) is 13.1 Å². The number of benzene rings is 1. The molecule has 0 heterocycles. The third-order valence-electron chi connectivity index (χ3n) is 2.75. The maximum atomic E-state index is 12.1. The molecule has 0 aromatic heterocycles. The van der Waals surface area contributed by atoms with E-state index in [1.54, 1.807) is 17.8 Å². The second-order valence-corrected chi connectivity index (χ2v) is 8.10. The van der Waals surface area contributed by atoms with Gasteiger partial charge < -0.3 is 5.73 Å². The highest BCUT2D eigenvalue weighted by atomic mass is 35.5. The van der Waals surface area contributed by atoms with Gasteiger partial charge in [-0.15, -0.1) is 0 Å². The number of nitrogens with one attached hydrogen (secondary N) is 1. The molecule has 112 valence electrons. The van der Waals surface area contributed by atoms with Gasteiger partial charge in [0.2, 0.25) is 10.0 Å².